The molecule has 50 heavy (non-hydrogen) atoms. The van der Waals surface area contributed by atoms with Crippen LogP contribution in [0.3, 0.4) is 0 Å². The fourth-order valence-corrected chi connectivity index (χ4v) is 9.17. The van der Waals surface area contributed by atoms with Crippen molar-refractivity contribution in [3.05, 3.63) is 84.1 Å². The van der Waals surface area contributed by atoms with Crippen LogP contribution in [-0.4, -0.2) is 59.3 Å². The number of carbonyl (C=O) groups excluding carboxylic acids is 3. The van der Waals surface area contributed by atoms with Gasteiger partial charge in [-0.2, -0.15) is 0 Å². The third-order valence-corrected chi connectivity index (χ3v) is 13.6. The average Bonchev–Trinajstić information content (AvgIpc) is 3.97. The Kier molecular flexibility index (Phi) is 9.35. The van der Waals surface area contributed by atoms with Gasteiger partial charge in [0.15, 0.2) is 5.78 Å². The van der Waals surface area contributed by atoms with Gasteiger partial charge in [0.2, 0.25) is 21.8 Å². The number of hydrogen-bond donors (Lipinski definition) is 1. The van der Waals surface area contributed by atoms with Gasteiger partial charge in [0, 0.05) is 30.3 Å². The summed E-state index contributed by atoms with van der Waals surface area (Å²) in [6, 6.07) is 17.0. The highest BCUT2D eigenvalue weighted by Crippen LogP contribution is 2.57. The van der Waals surface area contributed by atoms with Gasteiger partial charge in [0.05, 0.1) is 28.3 Å². The number of fused-ring (bicyclic) bond motifs is 3. The van der Waals surface area contributed by atoms with Crippen molar-refractivity contribution in [1.82, 2.24) is 14.6 Å². The Morgan fingerprint density at radius 3 is 2.64 bits per heavy atom. The van der Waals surface area contributed by atoms with Crippen LogP contribution in [-0.2, 0) is 30.8 Å². The first-order valence-corrected chi connectivity index (χ1v) is 19.6. The van der Waals surface area contributed by atoms with Crippen molar-refractivity contribution >= 4 is 38.5 Å². The largest absolute Gasteiger partial charge is 0.488 e. The molecule has 264 valence electrons. The normalized spacial score (nSPS) is 28.9. The van der Waals surface area contributed by atoms with Crippen molar-refractivity contribution in [3.8, 4) is 5.75 Å². The van der Waals surface area contributed by atoms with Crippen molar-refractivity contribution < 1.29 is 27.5 Å². The summed E-state index contributed by atoms with van der Waals surface area (Å²) in [7, 11) is -3.88. The van der Waals surface area contributed by atoms with Gasteiger partial charge in [-0.25, -0.2) is 8.42 Å². The topological polar surface area (TPSA) is 123 Å². The zero-order valence-corrected chi connectivity index (χ0v) is 29.8. The first-order chi connectivity index (χ1) is 24.0. The van der Waals surface area contributed by atoms with Crippen molar-refractivity contribution in [1.29, 1.82) is 0 Å². The van der Waals surface area contributed by atoms with E-state index in [2.05, 4.69) is 15.8 Å². The summed E-state index contributed by atoms with van der Waals surface area (Å²) in [6.45, 7) is 3.90. The van der Waals surface area contributed by atoms with E-state index < -0.39 is 38.2 Å². The van der Waals surface area contributed by atoms with Crippen LogP contribution in [0, 0.1) is 24.2 Å². The SMILES string of the molecule is Cc1ccc2c(O[C@@H]3C[C@H]4C(=O)C[C@]5(C(=O)NS(=O)(=O)C6(C)CC6)C[C@H]5/C=C\CCCCC[C@H](Cc5ccccc5)C(=O)N4C3)ccnc2c1. The number of hydrogen-bond acceptors (Lipinski definition) is 7. The number of aryl methyl sites for hydroxylation is 1. The Bertz CT molecular complexity index is 1920. The molecule has 2 aromatic carbocycles. The molecule has 1 saturated heterocycles. The number of nitrogens with zero attached hydrogens (tertiary/aromatic N) is 2. The van der Waals surface area contributed by atoms with Crippen molar-refractivity contribution in [3.63, 3.8) is 0 Å². The number of benzene rings is 2. The predicted molar refractivity (Wildman–Crippen MR) is 192 cm³/mol. The van der Waals surface area contributed by atoms with E-state index in [4.69, 9.17) is 4.74 Å². The third-order valence-electron chi connectivity index (χ3n) is 11.4. The highest BCUT2D eigenvalue weighted by atomic mass is 32.2. The maximum atomic E-state index is 14.6. The standard InChI is InChI=1S/C40H47N3O6S/c1-27-15-16-32-33(21-27)41-20-17-36(32)49-31-23-34-35(44)25-40(38(46)42-50(47,48)39(2)18-19-39)24-30(40)14-10-5-3-4-9-13-29(37(45)43(34)26-31)22-28-11-7-6-8-12-28/h6-8,10-12,14-17,20-21,29-31,34H,3-5,9,13,18-19,22-26H2,1-2H3,(H,42,46)/b14-10-/t29-,30-,31-,34+,40-/m1/s1. The average molecular weight is 698 g/mol. The van der Waals surface area contributed by atoms with Crippen LogP contribution in [0.15, 0.2) is 72.9 Å². The Balaban J connectivity index is 1.20. The Morgan fingerprint density at radius 2 is 1.86 bits per heavy atom. The lowest BCUT2D eigenvalue weighted by molar-refractivity contribution is -0.142. The maximum Gasteiger partial charge on any atom is 0.240 e. The first kappa shape index (κ1) is 34.4. The zero-order chi connectivity index (χ0) is 35.1. The Labute approximate surface area is 294 Å². The first-order valence-electron chi connectivity index (χ1n) is 18.1. The van der Waals surface area contributed by atoms with Crippen LogP contribution >= 0.6 is 0 Å². The molecule has 2 amide bonds. The summed E-state index contributed by atoms with van der Waals surface area (Å²) in [4.78, 5) is 49.2. The van der Waals surface area contributed by atoms with Gasteiger partial charge in [0.1, 0.15) is 11.9 Å². The minimum atomic E-state index is -3.88. The van der Waals surface area contributed by atoms with E-state index in [0.29, 0.717) is 37.9 Å². The maximum absolute atomic E-state index is 14.6. The number of Topliss-reactive ketones (excluding diaryl/α,β-unsaturated/α-hetero) is 1. The molecule has 0 spiro atoms. The van der Waals surface area contributed by atoms with Crippen molar-refractivity contribution in [2.45, 2.75) is 101 Å². The summed E-state index contributed by atoms with van der Waals surface area (Å²) in [5.41, 5.74) is 1.80. The van der Waals surface area contributed by atoms with E-state index >= 15 is 0 Å². The van der Waals surface area contributed by atoms with Gasteiger partial charge in [-0.1, -0.05) is 61.4 Å². The van der Waals surface area contributed by atoms with E-state index in [1.54, 1.807) is 18.0 Å². The second kappa shape index (κ2) is 13.6. The molecule has 9 nitrogen and oxygen atoms in total. The van der Waals surface area contributed by atoms with Crippen molar-refractivity contribution in [2.75, 3.05) is 6.54 Å². The molecule has 0 radical (unpaired) electrons. The van der Waals surface area contributed by atoms with Crippen molar-refractivity contribution in [2.24, 2.45) is 17.3 Å². The lowest BCUT2D eigenvalue weighted by atomic mass is 9.90. The molecule has 0 unspecified atom stereocenters. The zero-order valence-electron chi connectivity index (χ0n) is 29.0. The van der Waals surface area contributed by atoms with E-state index in [-0.39, 0.29) is 42.9 Å². The molecule has 3 fully saturated rings. The van der Waals surface area contributed by atoms with Gasteiger partial charge >= 0.3 is 0 Å². The lowest BCUT2D eigenvalue weighted by Gasteiger charge is -2.29. The fraction of sp³-hybridized carbons (Fsp3) is 0.500. The van der Waals surface area contributed by atoms with Crippen LogP contribution in [0.2, 0.25) is 0 Å². The summed E-state index contributed by atoms with van der Waals surface area (Å²) < 4.78 is 34.3. The number of ether oxygens (including phenoxy) is 1. The van der Waals surface area contributed by atoms with E-state index in [1.807, 2.05) is 67.6 Å². The predicted octanol–water partition coefficient (Wildman–Crippen LogP) is 6.23. The molecule has 1 N–H and O–H groups in total. The molecule has 2 aliphatic heterocycles. The quantitative estimate of drug-likeness (QED) is 0.290. The van der Waals surface area contributed by atoms with Gasteiger partial charge in [0.25, 0.3) is 0 Å². The second-order valence-corrected chi connectivity index (χ2v) is 17.5. The number of aromatic nitrogens is 1. The van der Waals surface area contributed by atoms with E-state index in [1.165, 1.54) is 0 Å². The second-order valence-electron chi connectivity index (χ2n) is 15.3. The fourth-order valence-electron chi connectivity index (χ4n) is 7.83. The molecule has 1 aromatic heterocycles. The Morgan fingerprint density at radius 1 is 1.06 bits per heavy atom. The molecule has 10 heteroatoms. The van der Waals surface area contributed by atoms with Crippen LogP contribution in [0.4, 0.5) is 0 Å². The minimum absolute atomic E-state index is 0.0726. The minimum Gasteiger partial charge on any atom is -0.488 e. The Hall–Kier alpha value is -4.05. The van der Waals surface area contributed by atoms with Crippen LogP contribution < -0.4 is 9.46 Å². The van der Waals surface area contributed by atoms with Gasteiger partial charge in [-0.05, 0) is 94.0 Å². The van der Waals surface area contributed by atoms with E-state index in [0.717, 1.165) is 47.7 Å². The number of amides is 2. The summed E-state index contributed by atoms with van der Waals surface area (Å²) in [6.07, 6.45) is 11.8. The molecule has 2 aliphatic carbocycles. The van der Waals surface area contributed by atoms with Gasteiger partial charge in [-0.15, -0.1) is 0 Å². The molecule has 7 rings (SSSR count). The molecule has 3 heterocycles. The number of rotatable bonds is 7. The molecule has 4 aliphatic rings. The number of allylic oxidation sites excluding steroid dienone is 2. The molecular formula is C40H47N3O6S. The molecule has 3 aromatic rings. The molecular weight excluding hydrogens is 651 g/mol. The summed E-state index contributed by atoms with van der Waals surface area (Å²) in [5, 5.41) is 0.857. The van der Waals surface area contributed by atoms with Gasteiger partial charge in [-0.3, -0.25) is 24.1 Å². The molecule has 2 saturated carbocycles. The summed E-state index contributed by atoms with van der Waals surface area (Å²) >= 11 is 0. The monoisotopic (exact) mass is 697 g/mol. The van der Waals surface area contributed by atoms with Gasteiger partial charge < -0.3 is 9.64 Å². The highest BCUT2D eigenvalue weighted by molar-refractivity contribution is 7.91. The third kappa shape index (κ3) is 6.96. The summed E-state index contributed by atoms with van der Waals surface area (Å²) in [5.74, 6) is -0.820. The number of carbonyl (C=O) groups is 3. The number of nitrogens with one attached hydrogen (secondary N) is 1. The van der Waals surface area contributed by atoms with Crippen LogP contribution in [0.25, 0.3) is 10.9 Å². The van der Waals surface area contributed by atoms with Crippen LogP contribution in [0.5, 0.6) is 5.75 Å². The number of sulfonamides is 1. The van der Waals surface area contributed by atoms with Crippen LogP contribution in [0.1, 0.15) is 82.3 Å². The smallest absolute Gasteiger partial charge is 0.240 e. The molecule has 0 bridgehead atoms. The van der Waals surface area contributed by atoms with E-state index in [9.17, 15) is 22.8 Å². The molecule has 5 atom stereocenters. The highest BCUT2D eigenvalue weighted by Gasteiger charge is 2.62. The lowest BCUT2D eigenvalue weighted by Crippen LogP contribution is -2.47. The number of pyridine rings is 1. The number of ketones is 1.